The predicted octanol–water partition coefficient (Wildman–Crippen LogP) is 4.59. The molecule has 126 valence electrons. The van der Waals surface area contributed by atoms with Gasteiger partial charge in [-0.05, 0) is 36.1 Å². The van der Waals surface area contributed by atoms with Gasteiger partial charge in [0.25, 0.3) is 5.91 Å². The summed E-state index contributed by atoms with van der Waals surface area (Å²) in [5.41, 5.74) is 1.52. The fourth-order valence-electron chi connectivity index (χ4n) is 2.36. The van der Waals surface area contributed by atoms with Gasteiger partial charge in [-0.25, -0.2) is 9.37 Å². The molecule has 0 aliphatic heterocycles. The highest BCUT2D eigenvalue weighted by molar-refractivity contribution is 7.22. The number of carbonyl (C=O) groups is 1. The number of benzene rings is 1. The van der Waals surface area contributed by atoms with Crippen molar-refractivity contribution in [3.05, 3.63) is 63.7 Å². The maximum absolute atomic E-state index is 13.1. The smallest absolute Gasteiger partial charge is 0.266 e. The third kappa shape index (κ3) is 3.95. The molecule has 0 fully saturated rings. The minimum atomic E-state index is -0.308. The van der Waals surface area contributed by atoms with Gasteiger partial charge in [0.05, 0.1) is 17.1 Å². The summed E-state index contributed by atoms with van der Waals surface area (Å²) < 4.78 is 13.1. The Kier molecular flexibility index (Phi) is 5.27. The number of aryl methyl sites for hydroxylation is 1. The summed E-state index contributed by atoms with van der Waals surface area (Å²) in [5, 5.41) is 2.81. The highest BCUT2D eigenvalue weighted by Crippen LogP contribution is 2.31. The van der Waals surface area contributed by atoms with Crippen LogP contribution in [0, 0.1) is 25.1 Å². The Labute approximate surface area is 153 Å². The van der Waals surface area contributed by atoms with E-state index in [1.54, 1.807) is 28.4 Å². The Morgan fingerprint density at radius 2 is 2.08 bits per heavy atom. The number of thiazole rings is 1. The number of hydrogen-bond acceptors (Lipinski definition) is 4. The first kappa shape index (κ1) is 17.3. The van der Waals surface area contributed by atoms with E-state index in [0.717, 1.165) is 15.4 Å². The first-order valence-electron chi connectivity index (χ1n) is 7.57. The highest BCUT2D eigenvalue weighted by Gasteiger charge is 2.22. The second kappa shape index (κ2) is 7.60. The fraction of sp³-hybridized carbons (Fsp3) is 0.158. The van der Waals surface area contributed by atoms with E-state index in [1.165, 1.54) is 23.5 Å². The molecule has 25 heavy (non-hydrogen) atoms. The molecular weight excluding hydrogens is 355 g/mol. The monoisotopic (exact) mass is 370 g/mol. The van der Waals surface area contributed by atoms with Crippen LogP contribution in [0.4, 0.5) is 4.39 Å². The Bertz CT molecular complexity index is 908. The maximum Gasteiger partial charge on any atom is 0.266 e. The Morgan fingerprint density at radius 1 is 1.32 bits per heavy atom. The Morgan fingerprint density at radius 3 is 2.72 bits per heavy atom. The molecule has 3 rings (SSSR count). The Hall–Kier alpha value is -2.49. The lowest BCUT2D eigenvalue weighted by atomic mass is 10.2. The second-order valence-electron chi connectivity index (χ2n) is 5.40. The van der Waals surface area contributed by atoms with Crippen LogP contribution >= 0.6 is 22.7 Å². The van der Waals surface area contributed by atoms with Crippen LogP contribution in [0.2, 0.25) is 0 Å². The van der Waals surface area contributed by atoms with Crippen LogP contribution in [-0.2, 0) is 6.54 Å². The quantitative estimate of drug-likeness (QED) is 0.615. The van der Waals surface area contributed by atoms with Gasteiger partial charge in [0.1, 0.15) is 15.7 Å². The summed E-state index contributed by atoms with van der Waals surface area (Å²) in [6, 6.07) is 10.00. The number of terminal acetylenes is 1. The van der Waals surface area contributed by atoms with E-state index in [0.29, 0.717) is 17.1 Å². The van der Waals surface area contributed by atoms with Gasteiger partial charge < -0.3 is 4.90 Å². The van der Waals surface area contributed by atoms with Gasteiger partial charge in [-0.2, -0.15) is 0 Å². The normalized spacial score (nSPS) is 10.4. The van der Waals surface area contributed by atoms with Crippen molar-refractivity contribution in [2.24, 2.45) is 0 Å². The van der Waals surface area contributed by atoms with Crippen molar-refractivity contribution in [1.29, 1.82) is 0 Å². The molecule has 3 nitrogen and oxygen atoms in total. The van der Waals surface area contributed by atoms with Gasteiger partial charge in [0.15, 0.2) is 0 Å². The second-order valence-corrected chi connectivity index (χ2v) is 7.35. The molecule has 1 amide bonds. The molecule has 0 spiro atoms. The van der Waals surface area contributed by atoms with Crippen LogP contribution in [0.15, 0.2) is 41.8 Å². The van der Waals surface area contributed by atoms with E-state index in [9.17, 15) is 9.18 Å². The van der Waals surface area contributed by atoms with Crippen molar-refractivity contribution in [3.63, 3.8) is 0 Å². The van der Waals surface area contributed by atoms with E-state index >= 15 is 0 Å². The van der Waals surface area contributed by atoms with Gasteiger partial charge in [-0.15, -0.1) is 29.1 Å². The molecule has 0 aliphatic carbocycles. The van der Waals surface area contributed by atoms with Crippen molar-refractivity contribution >= 4 is 28.6 Å². The number of carbonyl (C=O) groups excluding carboxylic acids is 1. The van der Waals surface area contributed by atoms with Crippen molar-refractivity contribution in [2.45, 2.75) is 13.5 Å². The van der Waals surface area contributed by atoms with Gasteiger partial charge >= 0.3 is 0 Å². The Balaban J connectivity index is 1.85. The van der Waals surface area contributed by atoms with Crippen molar-refractivity contribution < 1.29 is 9.18 Å². The van der Waals surface area contributed by atoms with Crippen LogP contribution < -0.4 is 0 Å². The molecule has 1 aromatic carbocycles. The molecule has 6 heteroatoms. The zero-order valence-corrected chi connectivity index (χ0v) is 15.2. The molecule has 0 aliphatic rings. The fourth-order valence-corrected chi connectivity index (χ4v) is 4.19. The van der Waals surface area contributed by atoms with Crippen molar-refractivity contribution in [2.75, 3.05) is 6.54 Å². The maximum atomic E-state index is 13.1. The van der Waals surface area contributed by atoms with Crippen LogP contribution in [-0.4, -0.2) is 22.3 Å². The molecule has 2 heterocycles. The minimum absolute atomic E-state index is 0.153. The average molecular weight is 370 g/mol. The summed E-state index contributed by atoms with van der Waals surface area (Å²) in [7, 11) is 0. The predicted molar refractivity (Wildman–Crippen MR) is 100 cm³/mol. The zero-order valence-electron chi connectivity index (χ0n) is 13.5. The standard InChI is InChI=1S/C19H15FN2OS2/c1-3-10-22(12-14-6-8-15(20)9-7-14)19(23)17-13(2)21-18(25-17)16-5-4-11-24-16/h1,4-9,11H,10,12H2,2H3. The molecule has 0 saturated carbocycles. The highest BCUT2D eigenvalue weighted by atomic mass is 32.1. The molecule has 0 N–H and O–H groups in total. The number of aromatic nitrogens is 1. The van der Waals surface area contributed by atoms with Gasteiger partial charge in [-0.3, -0.25) is 4.79 Å². The van der Waals surface area contributed by atoms with Crippen molar-refractivity contribution in [1.82, 2.24) is 9.88 Å². The summed E-state index contributed by atoms with van der Waals surface area (Å²) in [6.45, 7) is 2.34. The van der Waals surface area contributed by atoms with Gasteiger partial charge in [0, 0.05) is 6.54 Å². The number of rotatable bonds is 5. The van der Waals surface area contributed by atoms with Crippen LogP contribution in [0.1, 0.15) is 20.9 Å². The lowest BCUT2D eigenvalue weighted by molar-refractivity contribution is 0.0769. The molecule has 2 aromatic heterocycles. The van der Waals surface area contributed by atoms with E-state index in [4.69, 9.17) is 6.42 Å². The average Bonchev–Trinajstić information content (AvgIpc) is 3.25. The van der Waals surface area contributed by atoms with E-state index in [-0.39, 0.29) is 18.3 Å². The molecular formula is C19H15FN2OS2. The third-order valence-corrected chi connectivity index (χ3v) is 5.76. The number of halogens is 1. The number of thiophene rings is 1. The number of hydrogen-bond donors (Lipinski definition) is 0. The third-order valence-electron chi connectivity index (χ3n) is 3.58. The lowest BCUT2D eigenvalue weighted by Crippen LogP contribution is -2.30. The molecule has 0 saturated heterocycles. The molecule has 0 bridgehead atoms. The zero-order chi connectivity index (χ0) is 17.8. The molecule has 0 unspecified atom stereocenters. The SMILES string of the molecule is C#CCN(Cc1ccc(F)cc1)C(=O)c1sc(-c2cccs2)nc1C. The number of nitrogens with zero attached hydrogens (tertiary/aromatic N) is 2. The van der Waals surface area contributed by atoms with Crippen LogP contribution in [0.25, 0.3) is 9.88 Å². The minimum Gasteiger partial charge on any atom is -0.322 e. The summed E-state index contributed by atoms with van der Waals surface area (Å²) in [5.74, 6) is 2.06. The summed E-state index contributed by atoms with van der Waals surface area (Å²) in [6.07, 6.45) is 5.43. The largest absolute Gasteiger partial charge is 0.322 e. The lowest BCUT2D eigenvalue weighted by Gasteiger charge is -2.19. The first-order valence-corrected chi connectivity index (χ1v) is 9.26. The molecule has 0 radical (unpaired) electrons. The van der Waals surface area contributed by atoms with Gasteiger partial charge in [-0.1, -0.05) is 24.1 Å². The first-order chi connectivity index (χ1) is 12.1. The van der Waals surface area contributed by atoms with Gasteiger partial charge in [0.2, 0.25) is 0 Å². The van der Waals surface area contributed by atoms with Crippen LogP contribution in [0.5, 0.6) is 0 Å². The number of amides is 1. The van der Waals surface area contributed by atoms with E-state index in [2.05, 4.69) is 10.9 Å². The van der Waals surface area contributed by atoms with Crippen LogP contribution in [0.3, 0.4) is 0 Å². The molecule has 0 atom stereocenters. The summed E-state index contributed by atoms with van der Waals surface area (Å²) in [4.78, 5) is 20.7. The van der Waals surface area contributed by atoms with E-state index in [1.807, 2.05) is 24.4 Å². The molecule has 3 aromatic rings. The van der Waals surface area contributed by atoms with E-state index < -0.39 is 0 Å². The van der Waals surface area contributed by atoms with Crippen molar-refractivity contribution in [3.8, 4) is 22.2 Å². The summed E-state index contributed by atoms with van der Waals surface area (Å²) >= 11 is 2.96. The topological polar surface area (TPSA) is 33.2 Å².